The van der Waals surface area contributed by atoms with Crippen LogP contribution in [-0.4, -0.2) is 28.4 Å². The molecule has 40 heavy (non-hydrogen) atoms. The van der Waals surface area contributed by atoms with E-state index < -0.39 is 17.7 Å². The highest BCUT2D eigenvalue weighted by Crippen LogP contribution is 2.34. The van der Waals surface area contributed by atoms with Gasteiger partial charge in [-0.15, -0.1) is 0 Å². The first kappa shape index (κ1) is 28.9. The zero-order valence-corrected chi connectivity index (χ0v) is 22.7. The average Bonchev–Trinajstić information content (AvgIpc) is 3.46. The number of imide groups is 1. The van der Waals surface area contributed by atoms with E-state index in [4.69, 9.17) is 9.26 Å². The summed E-state index contributed by atoms with van der Waals surface area (Å²) in [6.07, 6.45) is -2.86. The molecule has 0 spiro atoms. The number of carbonyl (C=O) groups excluding carboxylic acids is 2. The zero-order valence-electron chi connectivity index (χ0n) is 21.9. The van der Waals surface area contributed by atoms with E-state index in [-0.39, 0.29) is 31.4 Å². The van der Waals surface area contributed by atoms with Gasteiger partial charge in [0, 0.05) is 41.7 Å². The summed E-state index contributed by atoms with van der Waals surface area (Å²) in [5.41, 5.74) is 1.63. The summed E-state index contributed by atoms with van der Waals surface area (Å²) in [5.74, 6) is -0.379. The number of halogens is 3. The number of benzene rings is 3. The molecule has 0 fully saturated rings. The molecule has 0 N–H and O–H groups in total. The molecule has 3 aromatic carbocycles. The fourth-order valence-electron chi connectivity index (χ4n) is 4.16. The maximum Gasteiger partial charge on any atom is 0.416 e. The summed E-state index contributed by atoms with van der Waals surface area (Å²) < 4.78 is 49.4. The molecule has 4 aromatic rings. The van der Waals surface area contributed by atoms with Gasteiger partial charge in [-0.2, -0.15) is 13.2 Å². The van der Waals surface area contributed by atoms with Crippen molar-refractivity contribution in [3.8, 4) is 5.75 Å². The first-order valence-electron chi connectivity index (χ1n) is 12.5. The van der Waals surface area contributed by atoms with E-state index in [9.17, 15) is 22.8 Å². The van der Waals surface area contributed by atoms with Crippen molar-refractivity contribution < 1.29 is 32.0 Å². The molecule has 208 valence electrons. The van der Waals surface area contributed by atoms with Crippen LogP contribution in [0.3, 0.4) is 0 Å². The van der Waals surface area contributed by atoms with Crippen LogP contribution in [0.1, 0.15) is 48.6 Å². The van der Waals surface area contributed by atoms with Gasteiger partial charge in [0.15, 0.2) is 0 Å². The Hall–Kier alpha value is -4.05. The Kier molecular flexibility index (Phi) is 9.31. The highest BCUT2D eigenvalue weighted by Gasteiger charge is 2.30. The second kappa shape index (κ2) is 12.9. The molecule has 0 aliphatic carbocycles. The lowest BCUT2D eigenvalue weighted by Crippen LogP contribution is -2.35. The number of hydrogen-bond donors (Lipinski definition) is 0. The van der Waals surface area contributed by atoms with Gasteiger partial charge in [0.05, 0.1) is 11.3 Å². The Morgan fingerprint density at radius 3 is 2.33 bits per heavy atom. The summed E-state index contributed by atoms with van der Waals surface area (Å²) >= 11 is 1.37. The lowest BCUT2D eigenvalue weighted by Gasteiger charge is -2.21. The van der Waals surface area contributed by atoms with Gasteiger partial charge in [-0.25, -0.2) is 0 Å². The van der Waals surface area contributed by atoms with Crippen LogP contribution in [0.15, 0.2) is 99.4 Å². The van der Waals surface area contributed by atoms with Crippen molar-refractivity contribution in [3.63, 3.8) is 0 Å². The standard InChI is InChI=1S/C30H27F3N2O4S/c1-3-35(20(2)36)29(37)18-27(28-15-16-39-34-28)22-7-11-24(12-8-22)38-19-21-5-4-6-26(17-21)40-25-13-9-23(10-14-25)30(31,32)33/h4-17,27H,3,18-19H2,1-2H3. The Bertz CT molecular complexity index is 1420. The van der Waals surface area contributed by atoms with Gasteiger partial charge in [-0.1, -0.05) is 41.2 Å². The number of amides is 2. The summed E-state index contributed by atoms with van der Waals surface area (Å²) in [5, 5.41) is 4.01. The molecule has 1 aromatic heterocycles. The van der Waals surface area contributed by atoms with Crippen LogP contribution in [0.2, 0.25) is 0 Å². The van der Waals surface area contributed by atoms with E-state index in [0.717, 1.165) is 28.2 Å². The predicted octanol–water partition coefficient (Wildman–Crippen LogP) is 7.34. The molecular formula is C30H27F3N2O4S. The van der Waals surface area contributed by atoms with E-state index in [0.29, 0.717) is 16.3 Å². The molecule has 10 heteroatoms. The SMILES string of the molecule is CCN(C(C)=O)C(=O)CC(c1ccc(OCc2cccc(Sc3ccc(C(F)(F)F)cc3)c2)cc1)c1ccon1. The van der Waals surface area contributed by atoms with Gasteiger partial charge in [-0.3, -0.25) is 14.5 Å². The zero-order chi connectivity index (χ0) is 28.7. The van der Waals surface area contributed by atoms with E-state index in [1.165, 1.54) is 42.0 Å². The Balaban J connectivity index is 1.40. The predicted molar refractivity (Wildman–Crippen MR) is 144 cm³/mol. The fourth-order valence-corrected chi connectivity index (χ4v) is 5.07. The molecule has 0 aliphatic heterocycles. The van der Waals surface area contributed by atoms with E-state index in [1.807, 2.05) is 36.4 Å². The minimum absolute atomic E-state index is 0.0591. The normalized spacial score (nSPS) is 12.1. The molecule has 6 nitrogen and oxygen atoms in total. The van der Waals surface area contributed by atoms with Gasteiger partial charge in [0.1, 0.15) is 18.6 Å². The third-order valence-corrected chi connectivity index (χ3v) is 7.19. The second-order valence-corrected chi connectivity index (χ2v) is 10.1. The number of rotatable bonds is 10. The van der Waals surface area contributed by atoms with Crippen LogP contribution in [0.4, 0.5) is 13.2 Å². The smallest absolute Gasteiger partial charge is 0.416 e. The highest BCUT2D eigenvalue weighted by atomic mass is 32.2. The van der Waals surface area contributed by atoms with Crippen LogP contribution in [0, 0.1) is 0 Å². The number of carbonyl (C=O) groups is 2. The van der Waals surface area contributed by atoms with Crippen LogP contribution < -0.4 is 4.74 Å². The molecule has 1 atom stereocenters. The third kappa shape index (κ3) is 7.53. The van der Waals surface area contributed by atoms with Crippen LogP contribution >= 0.6 is 11.8 Å². The van der Waals surface area contributed by atoms with Crippen LogP contribution in [0.5, 0.6) is 5.75 Å². The average molecular weight is 569 g/mol. The Morgan fingerprint density at radius 1 is 1.00 bits per heavy atom. The first-order valence-corrected chi connectivity index (χ1v) is 13.3. The second-order valence-electron chi connectivity index (χ2n) is 8.97. The molecule has 0 aliphatic rings. The highest BCUT2D eigenvalue weighted by molar-refractivity contribution is 7.99. The van der Waals surface area contributed by atoms with Crippen LogP contribution in [0.25, 0.3) is 0 Å². The number of hydrogen-bond acceptors (Lipinski definition) is 6. The topological polar surface area (TPSA) is 72.6 Å². The largest absolute Gasteiger partial charge is 0.489 e. The number of aromatic nitrogens is 1. The molecule has 1 unspecified atom stereocenters. The molecule has 0 bridgehead atoms. The molecule has 0 radical (unpaired) electrons. The van der Waals surface area contributed by atoms with Gasteiger partial charge in [0.25, 0.3) is 0 Å². The van der Waals surface area contributed by atoms with Crippen LogP contribution in [-0.2, 0) is 22.4 Å². The Labute approximate surface area is 234 Å². The Morgan fingerprint density at radius 2 is 1.73 bits per heavy atom. The molecule has 2 amide bonds. The third-order valence-electron chi connectivity index (χ3n) is 6.19. The first-order chi connectivity index (χ1) is 19.1. The quantitative estimate of drug-likeness (QED) is 0.199. The lowest BCUT2D eigenvalue weighted by molar-refractivity contribution is -0.143. The van der Waals surface area contributed by atoms with Gasteiger partial charge in [-0.05, 0) is 66.6 Å². The fraction of sp³-hybridized carbons (Fsp3) is 0.233. The van der Waals surface area contributed by atoms with Crippen molar-refractivity contribution in [1.29, 1.82) is 0 Å². The maximum atomic E-state index is 12.8. The van der Waals surface area contributed by atoms with Crippen molar-refractivity contribution in [2.24, 2.45) is 0 Å². The molecular weight excluding hydrogens is 541 g/mol. The van der Waals surface area contributed by atoms with E-state index >= 15 is 0 Å². The number of alkyl halides is 3. The van der Waals surface area contributed by atoms with Gasteiger partial charge < -0.3 is 9.26 Å². The summed E-state index contributed by atoms with van der Waals surface area (Å²) in [4.78, 5) is 27.4. The summed E-state index contributed by atoms with van der Waals surface area (Å²) in [6, 6.07) is 21.7. The lowest BCUT2D eigenvalue weighted by atomic mass is 9.92. The summed E-state index contributed by atoms with van der Waals surface area (Å²) in [6.45, 7) is 3.69. The minimum atomic E-state index is -4.36. The van der Waals surface area contributed by atoms with Gasteiger partial charge in [0.2, 0.25) is 11.8 Å². The number of nitrogens with zero attached hydrogens (tertiary/aromatic N) is 2. The molecule has 1 heterocycles. The molecule has 4 rings (SSSR count). The van der Waals surface area contributed by atoms with E-state index in [2.05, 4.69) is 5.16 Å². The molecule has 0 saturated carbocycles. The monoisotopic (exact) mass is 568 g/mol. The van der Waals surface area contributed by atoms with Crippen molar-refractivity contribution >= 4 is 23.6 Å². The van der Waals surface area contributed by atoms with Gasteiger partial charge >= 0.3 is 6.18 Å². The summed E-state index contributed by atoms with van der Waals surface area (Å²) in [7, 11) is 0. The van der Waals surface area contributed by atoms with Crippen molar-refractivity contribution in [3.05, 3.63) is 108 Å². The van der Waals surface area contributed by atoms with E-state index in [1.54, 1.807) is 25.1 Å². The minimum Gasteiger partial charge on any atom is -0.489 e. The maximum absolute atomic E-state index is 12.8. The number of ether oxygens (including phenoxy) is 1. The van der Waals surface area contributed by atoms with Crippen molar-refractivity contribution in [2.75, 3.05) is 6.54 Å². The van der Waals surface area contributed by atoms with Crippen molar-refractivity contribution in [1.82, 2.24) is 10.1 Å². The van der Waals surface area contributed by atoms with Crippen molar-refractivity contribution in [2.45, 2.75) is 48.8 Å². The molecule has 0 saturated heterocycles.